The normalized spacial score (nSPS) is 11.0. The number of fused-ring (bicyclic) bond motifs is 1. The van der Waals surface area contributed by atoms with Gasteiger partial charge in [0.25, 0.3) is 5.56 Å². The van der Waals surface area contributed by atoms with E-state index in [0.717, 1.165) is 15.3 Å². The van der Waals surface area contributed by atoms with Crippen LogP contribution in [0.5, 0.6) is 5.75 Å². The maximum atomic E-state index is 12.1. The molecule has 3 N–H and O–H groups in total. The van der Waals surface area contributed by atoms with Crippen molar-refractivity contribution in [3.8, 4) is 5.75 Å². The molecule has 2 heterocycles. The van der Waals surface area contributed by atoms with E-state index in [0.29, 0.717) is 22.6 Å². The molecule has 2 aromatic heterocycles. The van der Waals surface area contributed by atoms with E-state index < -0.39 is 0 Å². The number of aromatic nitrogens is 2. The molecule has 5 nitrogen and oxygen atoms in total. The third-order valence-corrected chi connectivity index (χ3v) is 4.44. The summed E-state index contributed by atoms with van der Waals surface area (Å²) in [7, 11) is 0. The lowest BCUT2D eigenvalue weighted by Crippen LogP contribution is -2.13. The number of H-pyrrole nitrogens is 1. The van der Waals surface area contributed by atoms with Crippen molar-refractivity contribution in [1.29, 1.82) is 0 Å². The van der Waals surface area contributed by atoms with Crippen molar-refractivity contribution in [2.24, 2.45) is 0 Å². The summed E-state index contributed by atoms with van der Waals surface area (Å²) in [5.74, 6) is 1.20. The Morgan fingerprint density at radius 2 is 2.00 bits per heavy atom. The number of rotatable bonds is 3. The highest BCUT2D eigenvalue weighted by Gasteiger charge is 2.11. The molecule has 0 spiro atoms. The van der Waals surface area contributed by atoms with E-state index in [-0.39, 0.29) is 12.2 Å². The number of benzene rings is 1. The molecule has 0 aliphatic heterocycles. The number of anilines is 1. The van der Waals surface area contributed by atoms with Crippen LogP contribution in [-0.4, -0.2) is 9.97 Å². The van der Waals surface area contributed by atoms with Gasteiger partial charge in [-0.05, 0) is 43.7 Å². The van der Waals surface area contributed by atoms with E-state index in [2.05, 4.69) is 9.97 Å². The van der Waals surface area contributed by atoms with Gasteiger partial charge in [-0.15, -0.1) is 11.3 Å². The highest BCUT2D eigenvalue weighted by molar-refractivity contribution is 7.18. The van der Waals surface area contributed by atoms with Gasteiger partial charge in [0, 0.05) is 10.6 Å². The average molecular weight is 301 g/mol. The van der Waals surface area contributed by atoms with Gasteiger partial charge in [-0.3, -0.25) is 4.79 Å². The molecule has 3 aromatic rings. The smallest absolute Gasteiger partial charge is 0.260 e. The number of nitrogens with one attached hydrogen (secondary N) is 1. The predicted octanol–water partition coefficient (Wildman–Crippen LogP) is 2.76. The lowest BCUT2D eigenvalue weighted by atomic mass is 10.2. The fourth-order valence-corrected chi connectivity index (χ4v) is 3.13. The summed E-state index contributed by atoms with van der Waals surface area (Å²) < 4.78 is 5.60. The van der Waals surface area contributed by atoms with Gasteiger partial charge in [0.15, 0.2) is 0 Å². The fourth-order valence-electron chi connectivity index (χ4n) is 2.08. The molecule has 0 aliphatic rings. The van der Waals surface area contributed by atoms with Crippen LogP contribution in [0.15, 0.2) is 29.1 Å². The molecular formula is C15H15N3O2S. The maximum Gasteiger partial charge on any atom is 0.260 e. The van der Waals surface area contributed by atoms with Gasteiger partial charge >= 0.3 is 0 Å². The summed E-state index contributed by atoms with van der Waals surface area (Å²) in [6.07, 6.45) is 0. The SMILES string of the molecule is Cc1sc2nc(COc3ccc(N)cc3)[nH]c(=O)c2c1C. The minimum atomic E-state index is -0.113. The topological polar surface area (TPSA) is 81.0 Å². The van der Waals surface area contributed by atoms with Gasteiger partial charge in [0.05, 0.1) is 5.39 Å². The van der Waals surface area contributed by atoms with Crippen LogP contribution in [0, 0.1) is 13.8 Å². The van der Waals surface area contributed by atoms with Crippen molar-refractivity contribution >= 4 is 27.2 Å². The number of thiophene rings is 1. The van der Waals surface area contributed by atoms with Crippen molar-refractivity contribution < 1.29 is 4.74 Å². The van der Waals surface area contributed by atoms with E-state index in [1.54, 1.807) is 24.3 Å². The Balaban J connectivity index is 1.88. The minimum absolute atomic E-state index is 0.113. The Morgan fingerprint density at radius 1 is 1.29 bits per heavy atom. The summed E-state index contributed by atoms with van der Waals surface area (Å²) in [6.45, 7) is 4.15. The van der Waals surface area contributed by atoms with E-state index in [9.17, 15) is 4.79 Å². The second-order valence-corrected chi connectivity index (χ2v) is 6.04. The summed E-state index contributed by atoms with van der Waals surface area (Å²) in [4.78, 5) is 21.2. The minimum Gasteiger partial charge on any atom is -0.486 e. The van der Waals surface area contributed by atoms with Gasteiger partial charge in [0.1, 0.15) is 23.0 Å². The molecular weight excluding hydrogens is 286 g/mol. The maximum absolute atomic E-state index is 12.1. The standard InChI is InChI=1S/C15H15N3O2S/c1-8-9(2)21-15-13(8)14(19)17-12(18-15)7-20-11-5-3-10(16)4-6-11/h3-6H,7,16H2,1-2H3,(H,17,18,19). The van der Waals surface area contributed by atoms with Crippen LogP contribution in [0.1, 0.15) is 16.3 Å². The Labute approximate surface area is 125 Å². The fraction of sp³-hybridized carbons (Fsp3) is 0.200. The molecule has 0 bridgehead atoms. The number of hydrogen-bond donors (Lipinski definition) is 2. The van der Waals surface area contributed by atoms with Gasteiger partial charge in [-0.1, -0.05) is 0 Å². The van der Waals surface area contributed by atoms with E-state index >= 15 is 0 Å². The van der Waals surface area contributed by atoms with E-state index in [1.807, 2.05) is 13.8 Å². The van der Waals surface area contributed by atoms with Crippen LogP contribution < -0.4 is 16.0 Å². The summed E-state index contributed by atoms with van der Waals surface area (Å²) >= 11 is 1.53. The second kappa shape index (κ2) is 5.21. The zero-order chi connectivity index (χ0) is 15.0. The second-order valence-electron chi connectivity index (χ2n) is 4.83. The zero-order valence-corrected chi connectivity index (χ0v) is 12.6. The zero-order valence-electron chi connectivity index (χ0n) is 11.8. The van der Waals surface area contributed by atoms with Crippen LogP contribution in [-0.2, 0) is 6.61 Å². The number of nitrogens with zero attached hydrogens (tertiary/aromatic N) is 1. The number of nitrogen functional groups attached to an aromatic ring is 1. The van der Waals surface area contributed by atoms with Crippen LogP contribution in [0.25, 0.3) is 10.2 Å². The number of hydrogen-bond acceptors (Lipinski definition) is 5. The molecule has 0 saturated carbocycles. The Bertz CT molecular complexity index is 850. The molecule has 3 rings (SSSR count). The highest BCUT2D eigenvalue weighted by atomic mass is 32.1. The third kappa shape index (κ3) is 2.62. The number of aromatic amines is 1. The molecule has 0 fully saturated rings. The average Bonchev–Trinajstić information content (AvgIpc) is 2.74. The number of ether oxygens (including phenoxy) is 1. The molecule has 0 unspecified atom stereocenters. The lowest BCUT2D eigenvalue weighted by Gasteiger charge is -2.05. The molecule has 1 aromatic carbocycles. The first kappa shape index (κ1) is 13.6. The first-order valence-electron chi connectivity index (χ1n) is 6.52. The number of aryl methyl sites for hydroxylation is 2. The van der Waals surface area contributed by atoms with Crippen LogP contribution in [0.2, 0.25) is 0 Å². The molecule has 6 heteroatoms. The van der Waals surface area contributed by atoms with E-state index in [4.69, 9.17) is 10.5 Å². The summed E-state index contributed by atoms with van der Waals surface area (Å²) in [5, 5.41) is 0.675. The quantitative estimate of drug-likeness (QED) is 0.729. The molecule has 0 atom stereocenters. The largest absolute Gasteiger partial charge is 0.486 e. The van der Waals surface area contributed by atoms with Crippen molar-refractivity contribution in [3.05, 3.63) is 50.9 Å². The summed E-state index contributed by atoms with van der Waals surface area (Å²) in [5.41, 5.74) is 7.18. The Morgan fingerprint density at radius 3 is 2.71 bits per heavy atom. The highest BCUT2D eigenvalue weighted by Crippen LogP contribution is 2.25. The Kier molecular flexibility index (Phi) is 3.39. The van der Waals surface area contributed by atoms with Gasteiger partial charge in [-0.2, -0.15) is 0 Å². The molecule has 0 radical (unpaired) electrons. The van der Waals surface area contributed by atoms with Crippen molar-refractivity contribution in [3.63, 3.8) is 0 Å². The van der Waals surface area contributed by atoms with Gasteiger partial charge < -0.3 is 15.5 Å². The van der Waals surface area contributed by atoms with Crippen molar-refractivity contribution in [2.45, 2.75) is 20.5 Å². The van der Waals surface area contributed by atoms with Crippen LogP contribution >= 0.6 is 11.3 Å². The predicted molar refractivity (Wildman–Crippen MR) is 84.9 cm³/mol. The Hall–Kier alpha value is -2.34. The molecule has 0 amide bonds. The third-order valence-electron chi connectivity index (χ3n) is 3.34. The molecule has 0 aliphatic carbocycles. The summed E-state index contributed by atoms with van der Waals surface area (Å²) in [6, 6.07) is 7.10. The van der Waals surface area contributed by atoms with Crippen molar-refractivity contribution in [1.82, 2.24) is 9.97 Å². The lowest BCUT2D eigenvalue weighted by molar-refractivity contribution is 0.296. The van der Waals surface area contributed by atoms with E-state index in [1.165, 1.54) is 11.3 Å². The monoisotopic (exact) mass is 301 g/mol. The van der Waals surface area contributed by atoms with Gasteiger partial charge in [0.2, 0.25) is 0 Å². The molecule has 108 valence electrons. The molecule has 0 saturated heterocycles. The van der Waals surface area contributed by atoms with Crippen LogP contribution in [0.3, 0.4) is 0 Å². The molecule has 21 heavy (non-hydrogen) atoms. The van der Waals surface area contributed by atoms with Crippen LogP contribution in [0.4, 0.5) is 5.69 Å². The van der Waals surface area contributed by atoms with Gasteiger partial charge in [-0.25, -0.2) is 4.98 Å². The van der Waals surface area contributed by atoms with Crippen molar-refractivity contribution in [2.75, 3.05) is 5.73 Å². The first-order chi connectivity index (χ1) is 10.0. The first-order valence-corrected chi connectivity index (χ1v) is 7.33. The number of nitrogens with two attached hydrogens (primary N) is 1.